The zero-order valence-electron chi connectivity index (χ0n) is 26.7. The first-order valence-electron chi connectivity index (χ1n) is 15.5. The molecule has 2 amide bonds. The molecular weight excluding hydrogens is 649 g/mol. The van der Waals surface area contributed by atoms with Gasteiger partial charge >= 0.3 is 6.18 Å². The number of halogens is 4. The zero-order chi connectivity index (χ0) is 34.0. The number of nitrogens with zero attached hydrogens (tertiary/aromatic N) is 4. The van der Waals surface area contributed by atoms with Crippen LogP contribution in [0.1, 0.15) is 51.3 Å². The van der Waals surface area contributed by atoms with Gasteiger partial charge in [0.2, 0.25) is 0 Å². The number of thioether (sulfide) groups is 1. The van der Waals surface area contributed by atoms with E-state index in [1.165, 1.54) is 6.07 Å². The molecule has 3 aromatic rings. The number of anilines is 2. The van der Waals surface area contributed by atoms with Crippen LogP contribution < -0.4 is 15.6 Å². The fourth-order valence-electron chi connectivity index (χ4n) is 5.16. The average Bonchev–Trinajstić information content (AvgIpc) is 3.06. The summed E-state index contributed by atoms with van der Waals surface area (Å²) in [5.41, 5.74) is 4.21. The molecule has 1 fully saturated rings. The Hall–Kier alpha value is -3.58. The molecule has 1 aliphatic rings. The van der Waals surface area contributed by atoms with Gasteiger partial charge in [-0.15, -0.1) is 0 Å². The van der Waals surface area contributed by atoms with E-state index in [0.29, 0.717) is 12.1 Å². The van der Waals surface area contributed by atoms with Crippen LogP contribution in [0.4, 0.5) is 24.5 Å². The van der Waals surface area contributed by atoms with Crippen molar-refractivity contribution < 1.29 is 22.8 Å². The standard InChI is InChI=1S/C34H40ClF3N6O2S/c1-4-43(5-2)14-13-42(3)23-25-7-6-8-26(19-25)32(45)40-31-12-10-27(44-15-17-47-18-16-44)21-28(31)33(46)41-39-22-24-9-11-30(35)29(20-24)34(36,37)38/h6-12,19-22H,4-5,13-18,23H2,1-3H3,(H,40,45)(H,41,46). The Balaban J connectivity index is 1.51. The highest BCUT2D eigenvalue weighted by atomic mass is 35.5. The molecule has 4 rings (SSSR count). The summed E-state index contributed by atoms with van der Waals surface area (Å²) >= 11 is 7.57. The summed E-state index contributed by atoms with van der Waals surface area (Å²) in [5.74, 6) is 0.898. The Morgan fingerprint density at radius 3 is 2.45 bits per heavy atom. The predicted octanol–water partition coefficient (Wildman–Crippen LogP) is 6.70. The van der Waals surface area contributed by atoms with Crippen molar-refractivity contribution >= 4 is 52.8 Å². The van der Waals surface area contributed by atoms with Crippen LogP contribution in [0.5, 0.6) is 0 Å². The van der Waals surface area contributed by atoms with E-state index in [-0.39, 0.29) is 22.7 Å². The third-order valence-corrected chi connectivity index (χ3v) is 9.15. The Morgan fingerprint density at radius 2 is 1.74 bits per heavy atom. The van der Waals surface area contributed by atoms with Crippen LogP contribution in [0.3, 0.4) is 0 Å². The van der Waals surface area contributed by atoms with Crippen molar-refractivity contribution in [2.45, 2.75) is 26.6 Å². The van der Waals surface area contributed by atoms with Crippen LogP contribution in [0.15, 0.2) is 65.8 Å². The SMILES string of the molecule is CCN(CC)CCN(C)Cc1cccc(C(=O)Nc2ccc(N3CCSCC3)cc2C(=O)NN=Cc2ccc(Cl)c(C(F)(F)F)c2)c1. The minimum absolute atomic E-state index is 0.105. The van der Waals surface area contributed by atoms with Crippen LogP contribution in [-0.2, 0) is 12.7 Å². The number of carbonyl (C=O) groups is 2. The van der Waals surface area contributed by atoms with E-state index in [2.05, 4.69) is 44.4 Å². The summed E-state index contributed by atoms with van der Waals surface area (Å²) in [4.78, 5) is 33.6. The van der Waals surface area contributed by atoms with Crippen molar-refractivity contribution in [1.82, 2.24) is 15.2 Å². The van der Waals surface area contributed by atoms with E-state index in [9.17, 15) is 22.8 Å². The second-order valence-corrected chi connectivity index (χ2v) is 12.8. The smallest absolute Gasteiger partial charge is 0.370 e. The van der Waals surface area contributed by atoms with Gasteiger partial charge in [-0.25, -0.2) is 5.43 Å². The second-order valence-electron chi connectivity index (χ2n) is 11.2. The van der Waals surface area contributed by atoms with Crippen molar-refractivity contribution in [2.24, 2.45) is 5.10 Å². The molecule has 0 radical (unpaired) electrons. The molecular formula is C34H40ClF3N6O2S. The number of alkyl halides is 3. The van der Waals surface area contributed by atoms with Crippen LogP contribution >= 0.6 is 23.4 Å². The third-order valence-electron chi connectivity index (χ3n) is 7.88. The van der Waals surface area contributed by atoms with Gasteiger partial charge in [-0.3, -0.25) is 9.59 Å². The summed E-state index contributed by atoms with van der Waals surface area (Å²) < 4.78 is 39.8. The number of benzene rings is 3. The number of carbonyl (C=O) groups excluding carboxylic acids is 2. The number of nitrogens with one attached hydrogen (secondary N) is 2. The lowest BCUT2D eigenvalue weighted by Gasteiger charge is -2.29. The topological polar surface area (TPSA) is 80.3 Å². The Bertz CT molecular complexity index is 1560. The van der Waals surface area contributed by atoms with Crippen molar-refractivity contribution in [3.8, 4) is 0 Å². The van der Waals surface area contributed by atoms with Crippen LogP contribution in [0.2, 0.25) is 5.02 Å². The van der Waals surface area contributed by atoms with Gasteiger partial charge in [0.05, 0.1) is 28.1 Å². The molecule has 47 heavy (non-hydrogen) atoms. The van der Waals surface area contributed by atoms with E-state index in [1.54, 1.807) is 18.2 Å². The minimum Gasteiger partial charge on any atom is -0.370 e. The molecule has 0 unspecified atom stereocenters. The van der Waals surface area contributed by atoms with Gasteiger partial charge < -0.3 is 20.0 Å². The van der Waals surface area contributed by atoms with Crippen LogP contribution in [0, 0.1) is 0 Å². The molecule has 1 heterocycles. The molecule has 13 heteroatoms. The quantitative estimate of drug-likeness (QED) is 0.154. The van der Waals surface area contributed by atoms with Gasteiger partial charge in [-0.1, -0.05) is 43.6 Å². The number of hydrogen-bond acceptors (Lipinski definition) is 7. The number of hydrazone groups is 1. The number of hydrogen-bond donors (Lipinski definition) is 2. The molecule has 0 aromatic heterocycles. The normalized spacial score (nSPS) is 13.9. The fourth-order valence-corrected chi connectivity index (χ4v) is 6.29. The van der Waals surface area contributed by atoms with Gasteiger partial charge in [0, 0.05) is 55.5 Å². The van der Waals surface area contributed by atoms with Gasteiger partial charge in [-0.2, -0.15) is 30.0 Å². The van der Waals surface area contributed by atoms with Gasteiger partial charge in [0.25, 0.3) is 11.8 Å². The molecule has 3 aromatic carbocycles. The van der Waals surface area contributed by atoms with E-state index in [1.807, 2.05) is 43.1 Å². The van der Waals surface area contributed by atoms with E-state index in [0.717, 1.165) is 80.4 Å². The van der Waals surface area contributed by atoms with E-state index < -0.39 is 22.7 Å². The predicted molar refractivity (Wildman–Crippen MR) is 186 cm³/mol. The average molecular weight is 689 g/mol. The maximum Gasteiger partial charge on any atom is 0.417 e. The summed E-state index contributed by atoms with van der Waals surface area (Å²) in [5, 5.41) is 6.34. The number of rotatable bonds is 13. The maximum atomic E-state index is 13.4. The van der Waals surface area contributed by atoms with E-state index >= 15 is 0 Å². The van der Waals surface area contributed by atoms with Gasteiger partial charge in [0.1, 0.15) is 0 Å². The van der Waals surface area contributed by atoms with Crippen molar-refractivity contribution in [3.05, 3.63) is 93.5 Å². The third kappa shape index (κ3) is 10.5. The molecule has 0 bridgehead atoms. The first-order valence-corrected chi connectivity index (χ1v) is 17.0. The van der Waals surface area contributed by atoms with E-state index in [4.69, 9.17) is 11.6 Å². The summed E-state index contributed by atoms with van der Waals surface area (Å²) in [7, 11) is 2.05. The lowest BCUT2D eigenvalue weighted by Crippen LogP contribution is -2.33. The Labute approximate surface area is 283 Å². The van der Waals surface area contributed by atoms with Crippen LogP contribution in [0.25, 0.3) is 0 Å². The molecule has 0 saturated carbocycles. The molecule has 2 N–H and O–H groups in total. The Morgan fingerprint density at radius 1 is 1.00 bits per heavy atom. The maximum absolute atomic E-state index is 13.4. The van der Waals surface area contributed by atoms with Crippen LogP contribution in [-0.4, -0.2) is 85.7 Å². The molecule has 8 nitrogen and oxygen atoms in total. The van der Waals surface area contributed by atoms with Gasteiger partial charge in [0.15, 0.2) is 0 Å². The number of amides is 2. The van der Waals surface area contributed by atoms with Crippen molar-refractivity contribution in [3.63, 3.8) is 0 Å². The minimum atomic E-state index is -4.63. The molecule has 0 aliphatic carbocycles. The number of likely N-dealkylation sites (N-methyl/N-ethyl adjacent to an activating group) is 2. The second kappa shape index (κ2) is 17.0. The summed E-state index contributed by atoms with van der Waals surface area (Å²) in [6, 6.07) is 16.0. The molecule has 1 aliphatic heterocycles. The highest BCUT2D eigenvalue weighted by Crippen LogP contribution is 2.35. The fraction of sp³-hybridized carbons (Fsp3) is 0.382. The lowest BCUT2D eigenvalue weighted by molar-refractivity contribution is -0.137. The largest absolute Gasteiger partial charge is 0.417 e. The molecule has 252 valence electrons. The first kappa shape index (κ1) is 36.3. The van der Waals surface area contributed by atoms with Crippen molar-refractivity contribution in [2.75, 3.05) is 68.0 Å². The van der Waals surface area contributed by atoms with Gasteiger partial charge in [-0.05, 0) is 73.7 Å². The monoisotopic (exact) mass is 688 g/mol. The Kier molecular flexibility index (Phi) is 13.1. The first-order chi connectivity index (χ1) is 22.5. The zero-order valence-corrected chi connectivity index (χ0v) is 28.3. The summed E-state index contributed by atoms with van der Waals surface area (Å²) in [6.45, 7) is 10.4. The molecule has 0 spiro atoms. The highest BCUT2D eigenvalue weighted by molar-refractivity contribution is 7.99. The molecule has 0 atom stereocenters. The molecule has 1 saturated heterocycles. The lowest BCUT2D eigenvalue weighted by atomic mass is 10.1. The van der Waals surface area contributed by atoms with Crippen molar-refractivity contribution in [1.29, 1.82) is 0 Å². The summed E-state index contributed by atoms with van der Waals surface area (Å²) in [6.07, 6.45) is -3.52. The highest BCUT2D eigenvalue weighted by Gasteiger charge is 2.33.